The topological polar surface area (TPSA) is 118 Å². The molecule has 2 aromatic rings. The molecule has 0 spiro atoms. The van der Waals surface area contributed by atoms with Crippen LogP contribution in [-0.4, -0.2) is 39.3 Å². The van der Waals surface area contributed by atoms with Crippen LogP contribution in [0, 0.1) is 12.3 Å². The normalized spacial score (nSPS) is 10.9. The first-order chi connectivity index (χ1) is 12.7. The molecular formula is C17H19BrN4O4S. The fourth-order valence-electron chi connectivity index (χ4n) is 2.16. The number of ether oxygens (including phenoxy) is 1. The molecule has 0 heterocycles. The van der Waals surface area contributed by atoms with Crippen molar-refractivity contribution in [1.29, 1.82) is 5.41 Å². The lowest BCUT2D eigenvalue weighted by Crippen LogP contribution is -2.34. The first kappa shape index (κ1) is 20.7. The first-order valence-electron chi connectivity index (χ1n) is 7.74. The molecule has 0 aromatic heterocycles. The van der Waals surface area contributed by atoms with E-state index in [2.05, 4.69) is 27.7 Å². The van der Waals surface area contributed by atoms with Gasteiger partial charge in [-0.2, -0.15) is 13.5 Å². The standard InChI is InChI=1S/C17H19BrN4O4S/c1-12-8-14(25-7-6-22(21-2)17(19)20)11-15(9-12)26-27(23,24)16-5-3-4-13(18)10-16/h3-5,8-11H,2,6-7H2,1H3,(H3,19,20). The number of benzene rings is 2. The van der Waals surface area contributed by atoms with E-state index in [0.717, 1.165) is 5.56 Å². The average Bonchev–Trinajstić information content (AvgIpc) is 2.57. The van der Waals surface area contributed by atoms with Crippen LogP contribution in [0.3, 0.4) is 0 Å². The summed E-state index contributed by atoms with van der Waals surface area (Å²) >= 11 is 3.24. The van der Waals surface area contributed by atoms with Gasteiger partial charge in [0.1, 0.15) is 23.0 Å². The molecule has 2 rings (SSSR count). The van der Waals surface area contributed by atoms with Gasteiger partial charge in [-0.25, -0.2) is 5.01 Å². The number of nitrogens with one attached hydrogen (secondary N) is 1. The number of guanidine groups is 1. The van der Waals surface area contributed by atoms with Crippen molar-refractivity contribution < 1.29 is 17.3 Å². The van der Waals surface area contributed by atoms with Crippen molar-refractivity contribution >= 4 is 38.7 Å². The third kappa shape index (κ3) is 5.97. The summed E-state index contributed by atoms with van der Waals surface area (Å²) in [6, 6.07) is 11.0. The van der Waals surface area contributed by atoms with Gasteiger partial charge >= 0.3 is 10.1 Å². The Bertz CT molecular complexity index is 950. The van der Waals surface area contributed by atoms with Gasteiger partial charge in [-0.05, 0) is 42.8 Å². The number of aryl methyl sites for hydroxylation is 1. The SMILES string of the molecule is C=NN(CCOc1cc(C)cc(OS(=O)(=O)c2cccc(Br)c2)c1)C(=N)N. The molecule has 0 aliphatic carbocycles. The molecule has 144 valence electrons. The van der Waals surface area contributed by atoms with Gasteiger partial charge in [0.05, 0.1) is 6.54 Å². The third-order valence-corrected chi connectivity index (χ3v) is 5.07. The van der Waals surface area contributed by atoms with Gasteiger partial charge in [-0.3, -0.25) is 5.41 Å². The zero-order valence-electron chi connectivity index (χ0n) is 14.6. The Kier molecular flexibility index (Phi) is 6.81. The van der Waals surface area contributed by atoms with Crippen LogP contribution in [0.5, 0.6) is 11.5 Å². The Balaban J connectivity index is 2.12. The summed E-state index contributed by atoms with van der Waals surface area (Å²) in [6.07, 6.45) is 0. The lowest BCUT2D eigenvalue weighted by Gasteiger charge is -2.16. The molecular weight excluding hydrogens is 436 g/mol. The second-order valence-corrected chi connectivity index (χ2v) is 7.94. The molecule has 10 heteroatoms. The van der Waals surface area contributed by atoms with E-state index in [1.165, 1.54) is 23.2 Å². The highest BCUT2D eigenvalue weighted by atomic mass is 79.9. The van der Waals surface area contributed by atoms with Crippen molar-refractivity contribution in [2.24, 2.45) is 10.8 Å². The van der Waals surface area contributed by atoms with Crippen molar-refractivity contribution in [2.45, 2.75) is 11.8 Å². The molecule has 0 radical (unpaired) electrons. The van der Waals surface area contributed by atoms with E-state index in [1.807, 2.05) is 0 Å². The molecule has 3 N–H and O–H groups in total. The fourth-order valence-corrected chi connectivity index (χ4v) is 3.67. The highest BCUT2D eigenvalue weighted by molar-refractivity contribution is 9.10. The molecule has 8 nitrogen and oxygen atoms in total. The summed E-state index contributed by atoms with van der Waals surface area (Å²) in [7, 11) is -3.98. The molecule has 0 aliphatic rings. The van der Waals surface area contributed by atoms with Crippen LogP contribution in [0.2, 0.25) is 0 Å². The Morgan fingerprint density at radius 1 is 1.30 bits per heavy atom. The van der Waals surface area contributed by atoms with Gasteiger partial charge < -0.3 is 14.7 Å². The summed E-state index contributed by atoms with van der Waals surface area (Å²) in [6.45, 7) is 5.50. The fraction of sp³-hybridized carbons (Fsp3) is 0.176. The summed E-state index contributed by atoms with van der Waals surface area (Å²) in [5, 5.41) is 12.1. The van der Waals surface area contributed by atoms with E-state index in [0.29, 0.717) is 10.2 Å². The maximum Gasteiger partial charge on any atom is 0.339 e. The molecule has 27 heavy (non-hydrogen) atoms. The van der Waals surface area contributed by atoms with Crippen molar-refractivity contribution in [2.75, 3.05) is 13.2 Å². The molecule has 0 fully saturated rings. The van der Waals surface area contributed by atoms with Gasteiger partial charge in [0.15, 0.2) is 0 Å². The average molecular weight is 455 g/mol. The number of rotatable bonds is 8. The van der Waals surface area contributed by atoms with Crippen LogP contribution in [0.1, 0.15) is 5.56 Å². The van der Waals surface area contributed by atoms with Crippen LogP contribution in [0.15, 0.2) is 56.9 Å². The lowest BCUT2D eigenvalue weighted by atomic mass is 10.2. The van der Waals surface area contributed by atoms with Gasteiger partial charge in [0, 0.05) is 17.3 Å². The number of hydrazone groups is 1. The second-order valence-electron chi connectivity index (χ2n) is 5.47. The van der Waals surface area contributed by atoms with E-state index in [9.17, 15) is 8.42 Å². The van der Waals surface area contributed by atoms with E-state index in [4.69, 9.17) is 20.1 Å². The monoisotopic (exact) mass is 454 g/mol. The maximum atomic E-state index is 12.4. The molecule has 0 amide bonds. The van der Waals surface area contributed by atoms with Crippen molar-refractivity contribution in [1.82, 2.24) is 5.01 Å². The third-order valence-electron chi connectivity index (χ3n) is 3.34. The maximum absolute atomic E-state index is 12.4. The molecule has 0 saturated heterocycles. The summed E-state index contributed by atoms with van der Waals surface area (Å²) in [5.74, 6) is 0.305. The van der Waals surface area contributed by atoms with Crippen LogP contribution >= 0.6 is 15.9 Å². The number of hydrogen-bond donors (Lipinski definition) is 2. The van der Waals surface area contributed by atoms with E-state index in [-0.39, 0.29) is 29.8 Å². The summed E-state index contributed by atoms with van der Waals surface area (Å²) in [5.41, 5.74) is 6.10. The Labute approximate surface area is 166 Å². The number of nitrogens with two attached hydrogens (primary N) is 1. The molecule has 0 atom stereocenters. The Hall–Kier alpha value is -2.59. The molecule has 2 aromatic carbocycles. The predicted octanol–water partition coefficient (Wildman–Crippen LogP) is 2.72. The zero-order valence-corrected chi connectivity index (χ0v) is 17.0. The van der Waals surface area contributed by atoms with Crippen molar-refractivity contribution in [3.8, 4) is 11.5 Å². The zero-order chi connectivity index (χ0) is 20.0. The van der Waals surface area contributed by atoms with Crippen LogP contribution in [-0.2, 0) is 10.1 Å². The molecule has 0 bridgehead atoms. The van der Waals surface area contributed by atoms with Gasteiger partial charge in [-0.1, -0.05) is 22.0 Å². The van der Waals surface area contributed by atoms with Crippen LogP contribution in [0.25, 0.3) is 0 Å². The van der Waals surface area contributed by atoms with E-state index >= 15 is 0 Å². The minimum Gasteiger partial charge on any atom is -0.492 e. The second kappa shape index (κ2) is 8.87. The molecule has 0 aliphatic heterocycles. The highest BCUT2D eigenvalue weighted by Crippen LogP contribution is 2.26. The van der Waals surface area contributed by atoms with E-state index in [1.54, 1.807) is 31.2 Å². The first-order valence-corrected chi connectivity index (χ1v) is 9.94. The van der Waals surface area contributed by atoms with Crippen molar-refractivity contribution in [3.63, 3.8) is 0 Å². The van der Waals surface area contributed by atoms with Gasteiger partial charge in [0.25, 0.3) is 0 Å². The Morgan fingerprint density at radius 3 is 2.63 bits per heavy atom. The smallest absolute Gasteiger partial charge is 0.339 e. The van der Waals surface area contributed by atoms with Crippen molar-refractivity contribution in [3.05, 3.63) is 52.5 Å². The minimum absolute atomic E-state index is 0.0370. The highest BCUT2D eigenvalue weighted by Gasteiger charge is 2.17. The Morgan fingerprint density at radius 2 is 2.00 bits per heavy atom. The number of hydrogen-bond acceptors (Lipinski definition) is 6. The summed E-state index contributed by atoms with van der Waals surface area (Å²) < 4.78 is 36.3. The predicted molar refractivity (Wildman–Crippen MR) is 107 cm³/mol. The summed E-state index contributed by atoms with van der Waals surface area (Å²) in [4.78, 5) is 0.0370. The number of nitrogens with zero attached hydrogens (tertiary/aromatic N) is 2. The van der Waals surface area contributed by atoms with Crippen LogP contribution < -0.4 is 14.7 Å². The van der Waals surface area contributed by atoms with Gasteiger partial charge in [0.2, 0.25) is 5.96 Å². The van der Waals surface area contributed by atoms with Crippen LogP contribution in [0.4, 0.5) is 0 Å². The number of halogens is 1. The van der Waals surface area contributed by atoms with E-state index < -0.39 is 10.1 Å². The van der Waals surface area contributed by atoms with Gasteiger partial charge in [-0.15, -0.1) is 0 Å². The molecule has 0 unspecified atom stereocenters. The quantitative estimate of drug-likeness (QED) is 0.274. The minimum atomic E-state index is -3.98. The lowest BCUT2D eigenvalue weighted by molar-refractivity contribution is 0.271. The molecule has 0 saturated carbocycles. The largest absolute Gasteiger partial charge is 0.492 e.